The van der Waals surface area contributed by atoms with Gasteiger partial charge in [0.25, 0.3) is 0 Å². The van der Waals surface area contributed by atoms with Crippen LogP contribution in [-0.2, 0) is 6.54 Å². The molecule has 4 heteroatoms. The van der Waals surface area contributed by atoms with E-state index in [4.69, 9.17) is 0 Å². The zero-order valence-corrected chi connectivity index (χ0v) is 7.81. The fourth-order valence-corrected chi connectivity index (χ4v) is 1.28. The zero-order chi connectivity index (χ0) is 9.26. The smallest absolute Gasteiger partial charge is 0.178 e. The zero-order valence-electron chi connectivity index (χ0n) is 7.81. The van der Waals surface area contributed by atoms with E-state index in [2.05, 4.69) is 29.1 Å². The molecule has 2 rings (SSSR count). The lowest BCUT2D eigenvalue weighted by Gasteiger charge is -2.03. The molecule has 0 unspecified atom stereocenters. The molecule has 4 nitrogen and oxygen atoms in total. The number of pyridine rings is 1. The van der Waals surface area contributed by atoms with E-state index in [9.17, 15) is 0 Å². The minimum Gasteiger partial charge on any atom is -0.235 e. The van der Waals surface area contributed by atoms with E-state index in [1.165, 1.54) is 0 Å². The van der Waals surface area contributed by atoms with E-state index >= 15 is 0 Å². The molecule has 0 aliphatic carbocycles. The second-order valence-electron chi connectivity index (χ2n) is 3.51. The highest BCUT2D eigenvalue weighted by atomic mass is 15.4. The van der Waals surface area contributed by atoms with Crippen LogP contribution in [0.2, 0.25) is 0 Å². The highest BCUT2D eigenvalue weighted by Gasteiger charge is 2.05. The number of hydrogen-bond acceptors (Lipinski definition) is 3. The minimum atomic E-state index is 0.562. The van der Waals surface area contributed by atoms with Gasteiger partial charge in [-0.2, -0.15) is 0 Å². The maximum atomic E-state index is 4.23. The average molecular weight is 176 g/mol. The second-order valence-corrected chi connectivity index (χ2v) is 3.51. The molecular formula is C9H12N4. The van der Waals surface area contributed by atoms with Gasteiger partial charge in [0.15, 0.2) is 5.65 Å². The Morgan fingerprint density at radius 1 is 1.46 bits per heavy atom. The van der Waals surface area contributed by atoms with Gasteiger partial charge in [0.2, 0.25) is 0 Å². The molecule has 2 aromatic rings. The highest BCUT2D eigenvalue weighted by Crippen LogP contribution is 2.08. The number of aromatic nitrogens is 4. The monoisotopic (exact) mass is 176 g/mol. The molecule has 0 aromatic carbocycles. The quantitative estimate of drug-likeness (QED) is 0.696. The van der Waals surface area contributed by atoms with E-state index in [0.29, 0.717) is 5.92 Å². The third-order valence-electron chi connectivity index (χ3n) is 1.81. The summed E-state index contributed by atoms with van der Waals surface area (Å²) in [7, 11) is 0. The first kappa shape index (κ1) is 8.16. The topological polar surface area (TPSA) is 43.6 Å². The first-order valence-corrected chi connectivity index (χ1v) is 4.41. The first-order valence-electron chi connectivity index (χ1n) is 4.41. The Kier molecular flexibility index (Phi) is 1.96. The van der Waals surface area contributed by atoms with E-state index < -0.39 is 0 Å². The Labute approximate surface area is 76.6 Å². The normalized spacial score (nSPS) is 11.3. The molecule has 0 bridgehead atoms. The van der Waals surface area contributed by atoms with Crippen LogP contribution in [0.3, 0.4) is 0 Å². The molecule has 0 saturated carbocycles. The van der Waals surface area contributed by atoms with Crippen molar-refractivity contribution in [2.24, 2.45) is 5.92 Å². The second kappa shape index (κ2) is 3.12. The summed E-state index contributed by atoms with van der Waals surface area (Å²) < 4.78 is 1.85. The van der Waals surface area contributed by atoms with Crippen molar-refractivity contribution < 1.29 is 0 Å². The van der Waals surface area contributed by atoms with Crippen molar-refractivity contribution in [3.05, 3.63) is 18.3 Å². The van der Waals surface area contributed by atoms with Crippen LogP contribution in [0.15, 0.2) is 18.3 Å². The van der Waals surface area contributed by atoms with E-state index in [0.717, 1.165) is 17.7 Å². The van der Waals surface area contributed by atoms with Gasteiger partial charge in [-0.1, -0.05) is 19.1 Å². The summed E-state index contributed by atoms with van der Waals surface area (Å²) in [5.41, 5.74) is 1.74. The molecular weight excluding hydrogens is 164 g/mol. The summed E-state index contributed by atoms with van der Waals surface area (Å²) in [6, 6.07) is 3.79. The van der Waals surface area contributed by atoms with Gasteiger partial charge in [0.1, 0.15) is 5.52 Å². The number of fused-ring (bicyclic) bond motifs is 1. The van der Waals surface area contributed by atoms with Crippen LogP contribution < -0.4 is 0 Å². The van der Waals surface area contributed by atoms with E-state index in [1.54, 1.807) is 6.20 Å². The summed E-state index contributed by atoms with van der Waals surface area (Å²) in [5.74, 6) is 0.562. The molecule has 0 spiro atoms. The van der Waals surface area contributed by atoms with Crippen molar-refractivity contribution in [2.75, 3.05) is 0 Å². The molecule has 0 fully saturated rings. The molecule has 0 saturated heterocycles. The number of rotatable bonds is 2. The minimum absolute atomic E-state index is 0.562. The summed E-state index contributed by atoms with van der Waals surface area (Å²) in [6.45, 7) is 5.17. The van der Waals surface area contributed by atoms with Crippen LogP contribution in [0.5, 0.6) is 0 Å². The molecule has 0 aliphatic heterocycles. The SMILES string of the molecule is CC(C)Cn1nnc2cccnc21. The fraction of sp³-hybridized carbons (Fsp3) is 0.444. The van der Waals surface area contributed by atoms with Crippen molar-refractivity contribution in [3.63, 3.8) is 0 Å². The van der Waals surface area contributed by atoms with E-state index in [-0.39, 0.29) is 0 Å². The van der Waals surface area contributed by atoms with Crippen LogP contribution in [0, 0.1) is 5.92 Å². The van der Waals surface area contributed by atoms with Crippen LogP contribution >= 0.6 is 0 Å². The van der Waals surface area contributed by atoms with Gasteiger partial charge >= 0.3 is 0 Å². The lowest BCUT2D eigenvalue weighted by molar-refractivity contribution is 0.480. The van der Waals surface area contributed by atoms with Crippen molar-refractivity contribution in [2.45, 2.75) is 20.4 Å². The van der Waals surface area contributed by atoms with Gasteiger partial charge in [-0.25, -0.2) is 9.67 Å². The van der Waals surface area contributed by atoms with Gasteiger partial charge in [-0.15, -0.1) is 5.10 Å². The van der Waals surface area contributed by atoms with Crippen molar-refractivity contribution >= 4 is 11.2 Å². The first-order chi connectivity index (χ1) is 6.27. The van der Waals surface area contributed by atoms with Crippen molar-refractivity contribution in [1.82, 2.24) is 20.0 Å². The average Bonchev–Trinajstić information content (AvgIpc) is 2.48. The Morgan fingerprint density at radius 3 is 3.08 bits per heavy atom. The van der Waals surface area contributed by atoms with Gasteiger partial charge in [-0.3, -0.25) is 0 Å². The van der Waals surface area contributed by atoms with Crippen LogP contribution in [-0.4, -0.2) is 20.0 Å². The Balaban J connectivity index is 2.46. The van der Waals surface area contributed by atoms with Crippen molar-refractivity contribution in [3.8, 4) is 0 Å². The maximum Gasteiger partial charge on any atom is 0.178 e. The molecule has 2 heterocycles. The third-order valence-corrected chi connectivity index (χ3v) is 1.81. The fourth-order valence-electron chi connectivity index (χ4n) is 1.28. The van der Waals surface area contributed by atoms with Gasteiger partial charge < -0.3 is 0 Å². The molecule has 2 aromatic heterocycles. The van der Waals surface area contributed by atoms with Gasteiger partial charge in [-0.05, 0) is 18.1 Å². The molecule has 0 radical (unpaired) electrons. The molecule has 68 valence electrons. The molecule has 0 aliphatic rings. The summed E-state index contributed by atoms with van der Waals surface area (Å²) in [4.78, 5) is 4.23. The largest absolute Gasteiger partial charge is 0.235 e. The summed E-state index contributed by atoms with van der Waals surface area (Å²) >= 11 is 0. The highest BCUT2D eigenvalue weighted by molar-refractivity contribution is 5.68. The van der Waals surface area contributed by atoms with Crippen LogP contribution in [0.1, 0.15) is 13.8 Å². The van der Waals surface area contributed by atoms with Crippen LogP contribution in [0.4, 0.5) is 0 Å². The number of hydrogen-bond donors (Lipinski definition) is 0. The van der Waals surface area contributed by atoms with E-state index in [1.807, 2.05) is 16.8 Å². The lowest BCUT2D eigenvalue weighted by atomic mass is 10.2. The van der Waals surface area contributed by atoms with Crippen molar-refractivity contribution in [1.29, 1.82) is 0 Å². The third kappa shape index (κ3) is 1.52. The standard InChI is InChI=1S/C9H12N4/c1-7(2)6-13-9-8(11-12-13)4-3-5-10-9/h3-5,7H,6H2,1-2H3. The Bertz CT molecular complexity index is 405. The summed E-state index contributed by atoms with van der Waals surface area (Å²) in [5, 5.41) is 8.06. The predicted octanol–water partition coefficient (Wildman–Crippen LogP) is 1.48. The summed E-state index contributed by atoms with van der Waals surface area (Å²) in [6.07, 6.45) is 1.77. The predicted molar refractivity (Wildman–Crippen MR) is 50.2 cm³/mol. The van der Waals surface area contributed by atoms with Gasteiger partial charge in [0, 0.05) is 12.7 Å². The lowest BCUT2D eigenvalue weighted by Crippen LogP contribution is -2.06. The number of nitrogens with zero attached hydrogens (tertiary/aromatic N) is 4. The maximum absolute atomic E-state index is 4.23. The molecule has 0 amide bonds. The molecule has 0 atom stereocenters. The Hall–Kier alpha value is -1.45. The van der Waals surface area contributed by atoms with Gasteiger partial charge in [0.05, 0.1) is 0 Å². The molecule has 0 N–H and O–H groups in total. The van der Waals surface area contributed by atoms with Crippen LogP contribution in [0.25, 0.3) is 11.2 Å². The Morgan fingerprint density at radius 2 is 2.31 bits per heavy atom. The molecule has 13 heavy (non-hydrogen) atoms.